The van der Waals surface area contributed by atoms with Crippen molar-refractivity contribution in [3.63, 3.8) is 0 Å². The SMILES string of the molecule is C=C[C@]1(Sc2ccccc2)[C@@H](C(=O)OC)C[C@H](OCOC)C#C/C=C\C#C[C@@]1(C)O[Si](C)(C)C(C)(C)C. The molecule has 1 aliphatic carbocycles. The lowest BCUT2D eigenvalue weighted by atomic mass is 9.75. The number of thioether (sulfide) groups is 1. The molecule has 0 aromatic heterocycles. The van der Waals surface area contributed by atoms with Crippen LogP contribution in [0.4, 0.5) is 0 Å². The van der Waals surface area contributed by atoms with E-state index in [0.29, 0.717) is 0 Å². The first-order valence-electron chi connectivity index (χ1n) is 12.3. The molecule has 200 valence electrons. The topological polar surface area (TPSA) is 54.0 Å². The van der Waals surface area contributed by atoms with Crippen LogP contribution in [0.2, 0.25) is 18.1 Å². The lowest BCUT2D eigenvalue weighted by molar-refractivity contribution is -0.150. The lowest BCUT2D eigenvalue weighted by Gasteiger charge is -2.52. The minimum atomic E-state index is -2.40. The van der Waals surface area contributed by atoms with Gasteiger partial charge in [-0.1, -0.05) is 68.7 Å². The average molecular weight is 541 g/mol. The Balaban J connectivity index is 2.89. The highest BCUT2D eigenvalue weighted by Gasteiger charge is 2.59. The summed E-state index contributed by atoms with van der Waals surface area (Å²) in [5.74, 6) is 11.5. The number of esters is 1. The number of carbonyl (C=O) groups is 1. The van der Waals surface area contributed by atoms with E-state index in [-0.39, 0.29) is 18.3 Å². The van der Waals surface area contributed by atoms with E-state index in [9.17, 15) is 4.79 Å². The monoisotopic (exact) mass is 540 g/mol. The molecule has 1 aromatic rings. The summed E-state index contributed by atoms with van der Waals surface area (Å²) in [5, 5.41) is -0.0992. The number of allylic oxidation sites excluding steroid dienone is 2. The Morgan fingerprint density at radius 3 is 2.41 bits per heavy atom. The minimum Gasteiger partial charge on any atom is -0.469 e. The molecule has 4 atom stereocenters. The van der Waals surface area contributed by atoms with Gasteiger partial charge in [0, 0.05) is 18.4 Å². The number of hydrogen-bond acceptors (Lipinski definition) is 6. The van der Waals surface area contributed by atoms with Gasteiger partial charge >= 0.3 is 5.97 Å². The number of hydrogen-bond donors (Lipinski definition) is 0. The zero-order valence-electron chi connectivity index (χ0n) is 23.3. The lowest BCUT2D eigenvalue weighted by Crippen LogP contribution is -2.61. The third-order valence-corrected chi connectivity index (χ3v) is 13.2. The van der Waals surface area contributed by atoms with Crippen molar-refractivity contribution in [3.05, 3.63) is 55.1 Å². The van der Waals surface area contributed by atoms with Gasteiger partial charge in [-0.05, 0) is 49.3 Å². The van der Waals surface area contributed by atoms with Gasteiger partial charge in [-0.15, -0.1) is 18.3 Å². The molecule has 0 saturated heterocycles. The highest BCUT2D eigenvalue weighted by Crippen LogP contribution is 2.53. The third kappa shape index (κ3) is 7.41. The van der Waals surface area contributed by atoms with Crippen LogP contribution in [-0.2, 0) is 23.4 Å². The van der Waals surface area contributed by atoms with Crippen molar-refractivity contribution < 1.29 is 23.4 Å². The number of benzene rings is 1. The normalized spacial score (nSPS) is 26.9. The van der Waals surface area contributed by atoms with Gasteiger partial charge in [0.2, 0.25) is 0 Å². The fourth-order valence-electron chi connectivity index (χ4n) is 3.95. The van der Waals surface area contributed by atoms with Gasteiger partial charge < -0.3 is 18.6 Å². The zero-order chi connectivity index (χ0) is 27.7. The van der Waals surface area contributed by atoms with Crippen molar-refractivity contribution in [2.24, 2.45) is 5.92 Å². The van der Waals surface area contributed by atoms with Crippen LogP contribution in [0.5, 0.6) is 0 Å². The summed E-state index contributed by atoms with van der Waals surface area (Å²) in [5.41, 5.74) is -1.13. The molecule has 7 heteroatoms. The Morgan fingerprint density at radius 2 is 1.84 bits per heavy atom. The van der Waals surface area contributed by atoms with Crippen molar-refractivity contribution in [3.8, 4) is 23.7 Å². The molecule has 0 radical (unpaired) electrons. The summed E-state index contributed by atoms with van der Waals surface area (Å²) >= 11 is 1.51. The van der Waals surface area contributed by atoms with Gasteiger partial charge in [-0.2, -0.15) is 0 Å². The maximum Gasteiger partial charge on any atom is 0.310 e. The summed E-state index contributed by atoms with van der Waals surface area (Å²) in [6.07, 6.45) is 4.82. The molecular formula is C30H40O5SSi. The van der Waals surface area contributed by atoms with Crippen LogP contribution in [0.1, 0.15) is 34.1 Å². The van der Waals surface area contributed by atoms with Crippen molar-refractivity contribution in [1.82, 2.24) is 0 Å². The standard InChI is InChI=1S/C30H40O5SSi/c1-10-30(36-25-19-15-13-16-20-25)26(27(31)33-7)22-24(34-23-32-6)18-14-11-12-17-21-29(30,5)35-37(8,9)28(2,3)4/h10-13,15-16,19-20,24,26H,1,22-23H2,2-9H3/b12-11-/t24-,26-,29-,30+/m1/s1. The quantitative estimate of drug-likeness (QED) is 0.122. The second-order valence-corrected chi connectivity index (χ2v) is 16.6. The highest BCUT2D eigenvalue weighted by atomic mass is 32.2. The van der Waals surface area contributed by atoms with Crippen LogP contribution >= 0.6 is 11.8 Å². The van der Waals surface area contributed by atoms with Crippen LogP contribution in [0.25, 0.3) is 0 Å². The van der Waals surface area contributed by atoms with E-state index in [0.717, 1.165) is 4.90 Å². The maximum absolute atomic E-state index is 13.6. The van der Waals surface area contributed by atoms with Crippen molar-refractivity contribution in [2.45, 2.75) is 73.6 Å². The second-order valence-electron chi connectivity index (χ2n) is 10.6. The summed E-state index contributed by atoms with van der Waals surface area (Å²) in [7, 11) is 0.540. The Bertz CT molecular complexity index is 1090. The zero-order valence-corrected chi connectivity index (χ0v) is 25.2. The van der Waals surface area contributed by atoms with Crippen molar-refractivity contribution in [1.29, 1.82) is 0 Å². The molecule has 0 amide bonds. The largest absolute Gasteiger partial charge is 0.469 e. The number of carbonyl (C=O) groups excluding carboxylic acids is 1. The first kappa shape index (κ1) is 31.0. The van der Waals surface area contributed by atoms with E-state index in [4.69, 9.17) is 18.6 Å². The molecule has 0 saturated carbocycles. The molecule has 0 spiro atoms. The van der Waals surface area contributed by atoms with Gasteiger partial charge in [0.05, 0.1) is 17.8 Å². The second kappa shape index (κ2) is 13.0. The molecule has 0 fully saturated rings. The van der Waals surface area contributed by atoms with E-state index in [1.807, 2.05) is 37.3 Å². The Labute approximate surface area is 228 Å². The number of methoxy groups -OCH3 is 2. The van der Waals surface area contributed by atoms with Crippen LogP contribution in [0.15, 0.2) is 60.0 Å². The molecular weight excluding hydrogens is 500 g/mol. The van der Waals surface area contributed by atoms with E-state index in [1.54, 1.807) is 25.3 Å². The third-order valence-electron chi connectivity index (χ3n) is 6.99. The van der Waals surface area contributed by atoms with Gasteiger partial charge in [0.1, 0.15) is 18.5 Å². The molecule has 5 nitrogen and oxygen atoms in total. The smallest absolute Gasteiger partial charge is 0.310 e. The fourth-order valence-corrected chi connectivity index (χ4v) is 6.96. The fraction of sp³-hybridized carbons (Fsp3) is 0.500. The van der Waals surface area contributed by atoms with E-state index < -0.39 is 36.7 Å². The Hall–Kier alpha value is -2.26. The van der Waals surface area contributed by atoms with Crippen molar-refractivity contribution >= 4 is 26.0 Å². The summed E-state index contributed by atoms with van der Waals surface area (Å²) < 4.78 is 22.5. The molecule has 1 aliphatic rings. The maximum atomic E-state index is 13.6. The van der Waals surface area contributed by atoms with Crippen LogP contribution in [-0.4, -0.2) is 51.8 Å². The van der Waals surface area contributed by atoms with Crippen molar-refractivity contribution in [2.75, 3.05) is 21.0 Å². The molecule has 37 heavy (non-hydrogen) atoms. The number of rotatable bonds is 9. The highest BCUT2D eigenvalue weighted by molar-refractivity contribution is 8.01. The molecule has 0 unspecified atom stereocenters. The Morgan fingerprint density at radius 1 is 1.19 bits per heavy atom. The molecule has 2 rings (SSSR count). The van der Waals surface area contributed by atoms with E-state index in [2.05, 4.69) is 64.1 Å². The van der Waals surface area contributed by atoms with Crippen LogP contribution in [0, 0.1) is 29.6 Å². The summed E-state index contributed by atoms with van der Waals surface area (Å²) in [4.78, 5) is 14.6. The van der Waals surface area contributed by atoms with Crippen LogP contribution in [0.3, 0.4) is 0 Å². The van der Waals surface area contributed by atoms with E-state index in [1.165, 1.54) is 18.9 Å². The van der Waals surface area contributed by atoms with Gasteiger partial charge in [-0.3, -0.25) is 4.79 Å². The molecule has 0 bridgehead atoms. The average Bonchev–Trinajstić information content (AvgIpc) is 2.86. The van der Waals surface area contributed by atoms with Crippen LogP contribution < -0.4 is 0 Å². The number of ether oxygens (including phenoxy) is 3. The Kier molecular flexibility index (Phi) is 10.9. The van der Waals surface area contributed by atoms with E-state index >= 15 is 0 Å². The van der Waals surface area contributed by atoms with Gasteiger partial charge in [-0.25, -0.2) is 0 Å². The molecule has 0 heterocycles. The first-order valence-corrected chi connectivity index (χ1v) is 16.0. The minimum absolute atomic E-state index is 0.0398. The molecule has 1 aromatic carbocycles. The van der Waals surface area contributed by atoms with Gasteiger partial charge in [0.25, 0.3) is 0 Å². The first-order chi connectivity index (χ1) is 17.4. The van der Waals surface area contributed by atoms with Gasteiger partial charge in [0.15, 0.2) is 8.32 Å². The molecule has 0 N–H and O–H groups in total. The predicted octanol–water partition coefficient (Wildman–Crippen LogP) is 6.23. The summed E-state index contributed by atoms with van der Waals surface area (Å²) in [6, 6.07) is 9.91. The predicted molar refractivity (Wildman–Crippen MR) is 153 cm³/mol. The summed E-state index contributed by atoms with van der Waals surface area (Å²) in [6.45, 7) is 17.2. The molecule has 0 aliphatic heterocycles.